The minimum absolute atomic E-state index is 0.0240. The molecule has 0 radical (unpaired) electrons. The molecular formula is C38H50ClN5O8S2. The molecule has 1 saturated carbocycles. The molecule has 2 aromatic rings. The van der Waals surface area contributed by atoms with Crippen LogP contribution in [0.3, 0.4) is 0 Å². The van der Waals surface area contributed by atoms with Gasteiger partial charge in [-0.2, -0.15) is 17.0 Å². The van der Waals surface area contributed by atoms with Gasteiger partial charge in [-0.1, -0.05) is 29.8 Å². The summed E-state index contributed by atoms with van der Waals surface area (Å²) in [5, 5.41) is -0.869. The molecule has 0 unspecified atom stereocenters. The molecule has 5 aliphatic rings. The number of benzene rings is 2. The van der Waals surface area contributed by atoms with E-state index >= 15 is 0 Å². The Morgan fingerprint density at radius 3 is 2.56 bits per heavy atom. The monoisotopic (exact) mass is 803 g/mol. The van der Waals surface area contributed by atoms with Crippen molar-refractivity contribution in [3.8, 4) is 5.75 Å². The summed E-state index contributed by atoms with van der Waals surface area (Å²) in [6, 6.07) is 11.1. The molecule has 2 fully saturated rings. The van der Waals surface area contributed by atoms with Crippen molar-refractivity contribution in [2.24, 2.45) is 11.8 Å². The number of hydrogen-bond acceptors (Lipinski definition) is 9. The number of anilines is 1. The molecule has 2 bridgehead atoms. The maximum Gasteiger partial charge on any atom is 0.281 e. The number of methoxy groups -OCH3 is 1. The lowest BCUT2D eigenvalue weighted by atomic mass is 9.68. The normalized spacial score (nSPS) is 29.6. The van der Waals surface area contributed by atoms with Crippen molar-refractivity contribution in [3.63, 3.8) is 0 Å². The van der Waals surface area contributed by atoms with Crippen molar-refractivity contribution < 1.29 is 35.9 Å². The maximum absolute atomic E-state index is 14.0. The van der Waals surface area contributed by atoms with Crippen LogP contribution in [0.2, 0.25) is 5.02 Å². The fourth-order valence-electron chi connectivity index (χ4n) is 8.91. The zero-order chi connectivity index (χ0) is 38.4. The first kappa shape index (κ1) is 39.0. The minimum atomic E-state index is -4.53. The van der Waals surface area contributed by atoms with Gasteiger partial charge < -0.3 is 19.3 Å². The number of piperazine rings is 1. The number of ether oxygens (including phenoxy) is 2. The van der Waals surface area contributed by atoms with Gasteiger partial charge in [0.15, 0.2) is 5.25 Å². The number of nitrogens with one attached hydrogen (secondary N) is 1. The van der Waals surface area contributed by atoms with E-state index in [1.165, 1.54) is 34.4 Å². The van der Waals surface area contributed by atoms with Gasteiger partial charge >= 0.3 is 0 Å². The van der Waals surface area contributed by atoms with Gasteiger partial charge in [0.25, 0.3) is 16.1 Å². The van der Waals surface area contributed by atoms with Crippen LogP contribution < -0.4 is 14.4 Å². The predicted molar refractivity (Wildman–Crippen MR) is 207 cm³/mol. The van der Waals surface area contributed by atoms with E-state index in [0.717, 1.165) is 42.1 Å². The third-order valence-electron chi connectivity index (χ3n) is 12.1. The molecule has 2 amide bonds. The van der Waals surface area contributed by atoms with Crippen LogP contribution in [0.1, 0.15) is 60.0 Å². The third kappa shape index (κ3) is 7.51. The average Bonchev–Trinajstić information content (AvgIpc) is 3.28. The number of allylic oxidation sites excluding steroid dienone is 1. The van der Waals surface area contributed by atoms with E-state index in [9.17, 15) is 26.4 Å². The summed E-state index contributed by atoms with van der Waals surface area (Å²) in [6.45, 7) is 1.90. The largest absolute Gasteiger partial charge is 0.490 e. The SMILES string of the molecule is CO[C@H]1/C=C\CC[C@@H](C(=O)N2CCN(S(=O)(=O)N(C)C)CC2)S(=O)(=O)NC(=O)c2ccc3c(c2)N(C[C@@H]2CC[C@H]21)C[C@@]1(CCCc2cc(Cl)ccc21)CO3. The van der Waals surface area contributed by atoms with Gasteiger partial charge in [0.2, 0.25) is 15.9 Å². The number of hydrogen-bond donors (Lipinski definition) is 1. The van der Waals surface area contributed by atoms with E-state index in [2.05, 4.69) is 21.8 Å². The second kappa shape index (κ2) is 15.4. The molecule has 1 saturated heterocycles. The number of sulfonamides is 1. The summed E-state index contributed by atoms with van der Waals surface area (Å²) < 4.78 is 70.6. The van der Waals surface area contributed by atoms with Gasteiger partial charge in [0, 0.05) is 76.5 Å². The number of carbonyl (C=O) groups is 2. The Morgan fingerprint density at radius 2 is 1.85 bits per heavy atom. The van der Waals surface area contributed by atoms with Crippen LogP contribution in [0.5, 0.6) is 5.75 Å². The Kier molecular flexibility index (Phi) is 11.1. The molecule has 1 N–H and O–H groups in total. The first-order valence-corrected chi connectivity index (χ1v) is 22.1. The van der Waals surface area contributed by atoms with Gasteiger partial charge in [0.05, 0.1) is 18.4 Å². The highest BCUT2D eigenvalue weighted by Crippen LogP contribution is 2.47. The van der Waals surface area contributed by atoms with Crippen molar-refractivity contribution in [3.05, 3.63) is 70.3 Å². The second-order valence-corrected chi connectivity index (χ2v) is 19.9. The molecule has 16 heteroatoms. The summed E-state index contributed by atoms with van der Waals surface area (Å²) in [6.07, 6.45) is 8.67. The van der Waals surface area contributed by atoms with Crippen molar-refractivity contribution in [2.75, 3.05) is 72.0 Å². The van der Waals surface area contributed by atoms with E-state index in [-0.39, 0.29) is 62.0 Å². The fraction of sp³-hybridized carbons (Fsp3) is 0.579. The minimum Gasteiger partial charge on any atom is -0.490 e. The highest BCUT2D eigenvalue weighted by atomic mass is 35.5. The number of rotatable bonds is 4. The number of aryl methyl sites for hydroxylation is 1. The molecule has 2 aromatic carbocycles. The third-order valence-corrected chi connectivity index (χ3v) is 15.9. The smallest absolute Gasteiger partial charge is 0.281 e. The summed E-state index contributed by atoms with van der Waals surface area (Å²) in [4.78, 5) is 31.5. The second-order valence-electron chi connectivity index (χ2n) is 15.5. The number of amides is 2. The van der Waals surface area contributed by atoms with Crippen LogP contribution in [0.25, 0.3) is 0 Å². The van der Waals surface area contributed by atoms with Crippen LogP contribution >= 0.6 is 11.6 Å². The predicted octanol–water partition coefficient (Wildman–Crippen LogP) is 3.58. The summed E-state index contributed by atoms with van der Waals surface area (Å²) in [5.41, 5.74) is 2.98. The first-order valence-electron chi connectivity index (χ1n) is 18.7. The van der Waals surface area contributed by atoms with E-state index < -0.39 is 37.3 Å². The summed E-state index contributed by atoms with van der Waals surface area (Å²) in [7, 11) is -3.67. The summed E-state index contributed by atoms with van der Waals surface area (Å²) >= 11 is 6.44. The van der Waals surface area contributed by atoms with Gasteiger partial charge in [-0.3, -0.25) is 9.59 Å². The average molecular weight is 804 g/mol. The Morgan fingerprint density at radius 1 is 1.07 bits per heavy atom. The van der Waals surface area contributed by atoms with Crippen LogP contribution in [0, 0.1) is 11.8 Å². The highest BCUT2D eigenvalue weighted by molar-refractivity contribution is 7.91. The number of nitrogens with zero attached hydrogens (tertiary/aromatic N) is 4. The highest BCUT2D eigenvalue weighted by Gasteiger charge is 2.45. The molecule has 54 heavy (non-hydrogen) atoms. The van der Waals surface area contributed by atoms with Gasteiger partial charge in [-0.15, -0.1) is 0 Å². The van der Waals surface area contributed by atoms with Crippen LogP contribution in [0.15, 0.2) is 48.6 Å². The zero-order valence-corrected chi connectivity index (χ0v) is 33.5. The molecule has 3 heterocycles. The zero-order valence-electron chi connectivity index (χ0n) is 31.1. The maximum atomic E-state index is 14.0. The molecule has 13 nitrogen and oxygen atoms in total. The number of carbonyl (C=O) groups excluding carboxylic acids is 2. The molecule has 5 atom stereocenters. The Balaban J connectivity index is 1.21. The van der Waals surface area contributed by atoms with Crippen molar-refractivity contribution in [1.82, 2.24) is 18.2 Å². The Bertz CT molecular complexity index is 2020. The van der Waals surface area contributed by atoms with E-state index in [1.54, 1.807) is 25.3 Å². The molecule has 294 valence electrons. The van der Waals surface area contributed by atoms with Crippen molar-refractivity contribution >= 4 is 49.3 Å². The lowest BCUT2D eigenvalue weighted by molar-refractivity contribution is -0.132. The van der Waals surface area contributed by atoms with Gasteiger partial charge in [0.1, 0.15) is 5.75 Å². The Hall–Kier alpha value is -3.21. The standard InChI is InChI=1S/C38H50ClN5O8S2/c1-41(2)54(49,50)44-19-17-42(18-20-44)37(46)35-9-5-4-8-33(51-3)30-13-10-28(30)23-43-24-38(16-6-7-26-21-29(39)12-14-31(26)38)25-52-34-15-11-27(22-32(34)43)36(45)40-53(35,47)48/h4,8,11-12,14-15,21-22,28,30,33,35H,5-7,9-10,13,16-20,23-25H2,1-3H3,(H,40,45)/b8-4-/t28-,30+,33-,35-,38-/m0/s1. The molecule has 1 spiro atoms. The lowest BCUT2D eigenvalue weighted by Crippen LogP contribution is -2.56. The van der Waals surface area contributed by atoms with E-state index in [0.29, 0.717) is 36.4 Å². The molecule has 7 rings (SSSR count). The van der Waals surface area contributed by atoms with Gasteiger partial charge in [-0.05, 0) is 98.2 Å². The van der Waals surface area contributed by atoms with Crippen LogP contribution in [0.4, 0.5) is 5.69 Å². The van der Waals surface area contributed by atoms with E-state index in [4.69, 9.17) is 21.1 Å². The molecule has 3 aliphatic heterocycles. The van der Waals surface area contributed by atoms with Crippen LogP contribution in [-0.4, -0.2) is 121 Å². The topological polar surface area (TPSA) is 146 Å². The molecule has 2 aliphatic carbocycles. The molecular weight excluding hydrogens is 754 g/mol. The van der Waals surface area contributed by atoms with Crippen LogP contribution in [-0.2, 0) is 41.6 Å². The number of fused-ring (bicyclic) bond motifs is 4. The Labute approximate surface area is 323 Å². The lowest BCUT2D eigenvalue weighted by Gasteiger charge is -2.46. The van der Waals surface area contributed by atoms with Crippen molar-refractivity contribution in [2.45, 2.75) is 61.7 Å². The fourth-order valence-corrected chi connectivity index (χ4v) is 11.6. The first-order chi connectivity index (χ1) is 25.7. The quantitative estimate of drug-likeness (QED) is 0.459. The molecule has 0 aromatic heterocycles. The number of halogens is 1. The van der Waals surface area contributed by atoms with E-state index in [1.807, 2.05) is 18.2 Å². The van der Waals surface area contributed by atoms with Crippen molar-refractivity contribution in [1.29, 1.82) is 0 Å². The summed E-state index contributed by atoms with van der Waals surface area (Å²) in [5.74, 6) is -0.364. The van der Waals surface area contributed by atoms with Gasteiger partial charge in [-0.25, -0.2) is 13.1 Å².